The molecule has 1 atom stereocenters. The van der Waals surface area contributed by atoms with Crippen molar-refractivity contribution in [2.45, 2.75) is 57.3 Å². The van der Waals surface area contributed by atoms with Gasteiger partial charge in [0.15, 0.2) is 0 Å². The summed E-state index contributed by atoms with van der Waals surface area (Å²) in [5, 5.41) is 0. The minimum absolute atomic E-state index is 0.201. The fraction of sp³-hybridized carbons (Fsp3) is 0.625. The van der Waals surface area contributed by atoms with E-state index in [1.165, 1.54) is 44.2 Å². The zero-order valence-electron chi connectivity index (χ0n) is 12.0. The van der Waals surface area contributed by atoms with E-state index in [4.69, 9.17) is 5.73 Å². The molecule has 0 radical (unpaired) electrons. The first-order valence-corrected chi connectivity index (χ1v) is 7.55. The molecular formula is C16H22F3NO. The SMILES string of the molecule is NC(CCC1CCCCC1)c1cccc(OC(F)(F)F)c1. The predicted molar refractivity (Wildman–Crippen MR) is 75.9 cm³/mol. The van der Waals surface area contributed by atoms with E-state index in [1.54, 1.807) is 12.1 Å². The van der Waals surface area contributed by atoms with E-state index >= 15 is 0 Å². The Morgan fingerprint density at radius 2 is 1.90 bits per heavy atom. The molecule has 0 aliphatic heterocycles. The second kappa shape index (κ2) is 7.16. The van der Waals surface area contributed by atoms with Crippen molar-refractivity contribution in [3.05, 3.63) is 29.8 Å². The first-order valence-electron chi connectivity index (χ1n) is 7.55. The zero-order valence-corrected chi connectivity index (χ0v) is 12.0. The number of hydrogen-bond donors (Lipinski definition) is 1. The highest BCUT2D eigenvalue weighted by molar-refractivity contribution is 5.30. The van der Waals surface area contributed by atoms with Crippen LogP contribution in [-0.4, -0.2) is 6.36 Å². The van der Waals surface area contributed by atoms with Crippen molar-refractivity contribution in [1.82, 2.24) is 0 Å². The molecule has 1 aliphatic carbocycles. The average Bonchev–Trinajstić information content (AvgIpc) is 2.44. The summed E-state index contributed by atoms with van der Waals surface area (Å²) in [7, 11) is 0. The third-order valence-corrected chi connectivity index (χ3v) is 4.13. The molecule has 0 bridgehead atoms. The van der Waals surface area contributed by atoms with E-state index in [2.05, 4.69) is 4.74 Å². The van der Waals surface area contributed by atoms with Crippen LogP contribution >= 0.6 is 0 Å². The maximum Gasteiger partial charge on any atom is 0.573 e. The first kappa shape index (κ1) is 16.1. The first-order chi connectivity index (χ1) is 9.94. The Morgan fingerprint density at radius 3 is 2.57 bits per heavy atom. The Labute approximate surface area is 123 Å². The molecule has 5 heteroatoms. The molecule has 1 fully saturated rings. The minimum Gasteiger partial charge on any atom is -0.406 e. The molecule has 21 heavy (non-hydrogen) atoms. The zero-order chi connectivity index (χ0) is 15.3. The summed E-state index contributed by atoms with van der Waals surface area (Å²) in [6.07, 6.45) is 3.59. The number of hydrogen-bond acceptors (Lipinski definition) is 2. The van der Waals surface area contributed by atoms with Gasteiger partial charge >= 0.3 is 6.36 Å². The molecule has 0 saturated heterocycles. The number of nitrogens with two attached hydrogens (primary N) is 1. The van der Waals surface area contributed by atoms with Gasteiger partial charge in [-0.15, -0.1) is 13.2 Å². The highest BCUT2D eigenvalue weighted by atomic mass is 19.4. The van der Waals surface area contributed by atoms with E-state index in [1.807, 2.05) is 0 Å². The Balaban J connectivity index is 1.89. The smallest absolute Gasteiger partial charge is 0.406 e. The predicted octanol–water partition coefficient (Wildman–Crippen LogP) is 4.95. The van der Waals surface area contributed by atoms with Crippen LogP contribution in [0.2, 0.25) is 0 Å². The average molecular weight is 301 g/mol. The largest absolute Gasteiger partial charge is 0.573 e. The minimum atomic E-state index is -4.66. The molecule has 2 rings (SSSR count). The van der Waals surface area contributed by atoms with Crippen molar-refractivity contribution in [2.75, 3.05) is 0 Å². The van der Waals surface area contributed by atoms with E-state index < -0.39 is 6.36 Å². The fourth-order valence-electron chi connectivity index (χ4n) is 3.00. The van der Waals surface area contributed by atoms with Gasteiger partial charge in [0.2, 0.25) is 0 Å². The molecule has 0 amide bonds. The molecular weight excluding hydrogens is 279 g/mol. The quantitative estimate of drug-likeness (QED) is 0.835. The highest BCUT2D eigenvalue weighted by Gasteiger charge is 2.31. The van der Waals surface area contributed by atoms with Crippen molar-refractivity contribution in [1.29, 1.82) is 0 Å². The summed E-state index contributed by atoms with van der Waals surface area (Å²) in [6, 6.07) is 5.76. The standard InChI is InChI=1S/C16H22F3NO/c17-16(18,19)21-14-8-4-7-13(11-14)15(20)10-9-12-5-2-1-3-6-12/h4,7-8,11-12,15H,1-3,5-6,9-10,20H2. The molecule has 1 aromatic rings. The Morgan fingerprint density at radius 1 is 1.19 bits per heavy atom. The summed E-state index contributed by atoms with van der Waals surface area (Å²) in [5.74, 6) is 0.521. The summed E-state index contributed by atoms with van der Waals surface area (Å²) in [6.45, 7) is 0. The van der Waals surface area contributed by atoms with Gasteiger partial charge in [0, 0.05) is 6.04 Å². The Kier molecular flexibility index (Phi) is 5.51. The van der Waals surface area contributed by atoms with Crippen molar-refractivity contribution in [3.63, 3.8) is 0 Å². The van der Waals surface area contributed by atoms with Crippen molar-refractivity contribution in [2.24, 2.45) is 11.7 Å². The van der Waals surface area contributed by atoms with Crippen LogP contribution < -0.4 is 10.5 Å². The topological polar surface area (TPSA) is 35.2 Å². The summed E-state index contributed by atoms with van der Waals surface area (Å²) >= 11 is 0. The van der Waals surface area contributed by atoms with Gasteiger partial charge in [-0.2, -0.15) is 0 Å². The summed E-state index contributed by atoms with van der Waals surface area (Å²) in [4.78, 5) is 0. The van der Waals surface area contributed by atoms with E-state index in [0.29, 0.717) is 5.56 Å². The van der Waals surface area contributed by atoms with E-state index in [0.717, 1.165) is 18.8 Å². The normalized spacial score (nSPS) is 18.5. The molecule has 118 valence electrons. The maximum atomic E-state index is 12.2. The van der Waals surface area contributed by atoms with Gasteiger partial charge in [-0.25, -0.2) is 0 Å². The third kappa shape index (κ3) is 5.58. The van der Waals surface area contributed by atoms with Gasteiger partial charge in [-0.3, -0.25) is 0 Å². The fourth-order valence-corrected chi connectivity index (χ4v) is 3.00. The van der Waals surface area contributed by atoms with E-state index in [9.17, 15) is 13.2 Å². The number of halogens is 3. The second-order valence-electron chi connectivity index (χ2n) is 5.81. The molecule has 1 saturated carbocycles. The number of benzene rings is 1. The van der Waals surface area contributed by atoms with Crippen LogP contribution in [0, 0.1) is 5.92 Å². The van der Waals surface area contributed by atoms with Crippen LogP contribution in [0.15, 0.2) is 24.3 Å². The lowest BCUT2D eigenvalue weighted by Gasteiger charge is -2.23. The maximum absolute atomic E-state index is 12.2. The molecule has 1 aromatic carbocycles. The van der Waals surface area contributed by atoms with Gasteiger partial charge < -0.3 is 10.5 Å². The van der Waals surface area contributed by atoms with Gasteiger partial charge in [-0.1, -0.05) is 44.2 Å². The summed E-state index contributed by atoms with van der Waals surface area (Å²) in [5.41, 5.74) is 6.81. The van der Waals surface area contributed by atoms with Crippen LogP contribution in [0.25, 0.3) is 0 Å². The molecule has 1 aliphatic rings. The Hall–Kier alpha value is -1.23. The van der Waals surface area contributed by atoms with Crippen LogP contribution in [0.5, 0.6) is 5.75 Å². The van der Waals surface area contributed by atoms with Gasteiger partial charge in [0.05, 0.1) is 0 Å². The monoisotopic (exact) mass is 301 g/mol. The van der Waals surface area contributed by atoms with E-state index in [-0.39, 0.29) is 11.8 Å². The van der Waals surface area contributed by atoms with Crippen LogP contribution in [0.4, 0.5) is 13.2 Å². The summed E-state index contributed by atoms with van der Waals surface area (Å²) < 4.78 is 40.6. The van der Waals surface area contributed by atoms with Crippen LogP contribution in [-0.2, 0) is 0 Å². The van der Waals surface area contributed by atoms with Crippen LogP contribution in [0.3, 0.4) is 0 Å². The lowest BCUT2D eigenvalue weighted by Crippen LogP contribution is -2.18. The molecule has 0 heterocycles. The van der Waals surface area contributed by atoms with Gasteiger partial charge in [-0.05, 0) is 36.5 Å². The third-order valence-electron chi connectivity index (χ3n) is 4.13. The number of ether oxygens (including phenoxy) is 1. The van der Waals surface area contributed by atoms with Crippen molar-refractivity contribution in [3.8, 4) is 5.75 Å². The molecule has 2 N–H and O–H groups in total. The molecule has 0 aromatic heterocycles. The van der Waals surface area contributed by atoms with Crippen molar-refractivity contribution < 1.29 is 17.9 Å². The number of rotatable bonds is 5. The lowest BCUT2D eigenvalue weighted by atomic mass is 9.84. The molecule has 1 unspecified atom stereocenters. The van der Waals surface area contributed by atoms with Gasteiger partial charge in [0.1, 0.15) is 5.75 Å². The Bertz CT molecular complexity index is 441. The lowest BCUT2D eigenvalue weighted by molar-refractivity contribution is -0.274. The second-order valence-corrected chi connectivity index (χ2v) is 5.81. The molecule has 0 spiro atoms. The van der Waals surface area contributed by atoms with Gasteiger partial charge in [0.25, 0.3) is 0 Å². The van der Waals surface area contributed by atoms with Crippen molar-refractivity contribution >= 4 is 0 Å². The highest BCUT2D eigenvalue weighted by Crippen LogP contribution is 2.31. The molecule has 2 nitrogen and oxygen atoms in total. The number of alkyl halides is 3. The van der Waals surface area contributed by atoms with Crippen LogP contribution in [0.1, 0.15) is 56.6 Å².